The van der Waals surface area contributed by atoms with Crippen molar-refractivity contribution in [2.45, 2.75) is 6.54 Å². The lowest BCUT2D eigenvalue weighted by Gasteiger charge is -2.14. The van der Waals surface area contributed by atoms with Gasteiger partial charge in [-0.1, -0.05) is 11.6 Å². The highest BCUT2D eigenvalue weighted by molar-refractivity contribution is 6.31. The maximum absolute atomic E-state index is 13.4. The van der Waals surface area contributed by atoms with Crippen LogP contribution in [0.15, 0.2) is 6.07 Å². The van der Waals surface area contributed by atoms with Crippen LogP contribution >= 0.6 is 11.6 Å². The minimum atomic E-state index is -0.563. The van der Waals surface area contributed by atoms with Crippen molar-refractivity contribution in [3.63, 3.8) is 0 Å². The summed E-state index contributed by atoms with van der Waals surface area (Å²) >= 11 is 5.84. The van der Waals surface area contributed by atoms with E-state index in [1.54, 1.807) is 0 Å². The van der Waals surface area contributed by atoms with Crippen LogP contribution in [-0.2, 0) is 11.4 Å². The highest BCUT2D eigenvalue weighted by Gasteiger charge is 2.18. The molecule has 0 aromatic heterocycles. The molecule has 0 saturated carbocycles. The lowest BCUT2D eigenvalue weighted by molar-refractivity contribution is 0.0860. The van der Waals surface area contributed by atoms with Crippen LogP contribution in [0.5, 0.6) is 11.5 Å². The fourth-order valence-corrected chi connectivity index (χ4v) is 1.52. The molecule has 16 heavy (non-hydrogen) atoms. The van der Waals surface area contributed by atoms with Gasteiger partial charge in [-0.05, 0) is 0 Å². The van der Waals surface area contributed by atoms with Crippen LogP contribution in [-0.4, -0.2) is 21.3 Å². The predicted octanol–water partition coefficient (Wildman–Crippen LogP) is 2.15. The quantitative estimate of drug-likeness (QED) is 0.812. The Morgan fingerprint density at radius 1 is 1.31 bits per heavy atom. The molecule has 0 amide bonds. The van der Waals surface area contributed by atoms with Crippen molar-refractivity contribution in [2.24, 2.45) is 0 Å². The van der Waals surface area contributed by atoms with Crippen molar-refractivity contribution in [1.29, 1.82) is 0 Å². The smallest absolute Gasteiger partial charge is 0.166 e. The monoisotopic (exact) mass is 249 g/mol. The Labute approximate surface area is 98.2 Å². The number of ether oxygens (including phenoxy) is 2. The van der Waals surface area contributed by atoms with Crippen LogP contribution < -0.4 is 15.0 Å². The van der Waals surface area contributed by atoms with Gasteiger partial charge in [0.15, 0.2) is 11.5 Å². The van der Waals surface area contributed by atoms with E-state index in [2.05, 4.69) is 10.3 Å². The van der Waals surface area contributed by atoms with Crippen molar-refractivity contribution in [3.05, 3.63) is 22.5 Å². The second-order valence-electron chi connectivity index (χ2n) is 2.91. The van der Waals surface area contributed by atoms with Gasteiger partial charge in [-0.15, -0.1) is 0 Å². The van der Waals surface area contributed by atoms with Crippen LogP contribution in [0.1, 0.15) is 5.56 Å². The number of halogens is 2. The Morgan fingerprint density at radius 3 is 2.50 bits per heavy atom. The standard InChI is InChI=1S/C10H13ClFNO3/c1-14-8-4-7(12)9(11)6(5-13-16-3)10(8)15-2/h4,13H,5H2,1-3H3. The predicted molar refractivity (Wildman–Crippen MR) is 58.4 cm³/mol. The van der Waals surface area contributed by atoms with Gasteiger partial charge in [-0.25, -0.2) is 4.39 Å². The third-order valence-corrected chi connectivity index (χ3v) is 2.46. The van der Waals surface area contributed by atoms with Gasteiger partial charge in [-0.2, -0.15) is 5.48 Å². The first kappa shape index (κ1) is 13.0. The molecule has 0 aliphatic heterocycles. The number of methoxy groups -OCH3 is 2. The van der Waals surface area contributed by atoms with Crippen molar-refractivity contribution in [1.82, 2.24) is 5.48 Å². The number of rotatable bonds is 5. The minimum Gasteiger partial charge on any atom is -0.493 e. The van der Waals surface area contributed by atoms with E-state index in [4.69, 9.17) is 21.1 Å². The van der Waals surface area contributed by atoms with E-state index in [1.165, 1.54) is 27.4 Å². The summed E-state index contributed by atoms with van der Waals surface area (Å²) in [5.41, 5.74) is 3.02. The maximum atomic E-state index is 13.4. The summed E-state index contributed by atoms with van der Waals surface area (Å²) in [6.45, 7) is 0.215. The summed E-state index contributed by atoms with van der Waals surface area (Å²) in [5, 5.41) is -0.0119. The molecular weight excluding hydrogens is 237 g/mol. The van der Waals surface area contributed by atoms with Gasteiger partial charge < -0.3 is 14.3 Å². The van der Waals surface area contributed by atoms with Crippen LogP contribution in [0, 0.1) is 5.82 Å². The molecule has 1 rings (SSSR count). The largest absolute Gasteiger partial charge is 0.493 e. The third kappa shape index (κ3) is 2.55. The van der Waals surface area contributed by atoms with Crippen LogP contribution in [0.4, 0.5) is 4.39 Å². The van der Waals surface area contributed by atoms with Crippen LogP contribution in [0.3, 0.4) is 0 Å². The molecule has 6 heteroatoms. The number of hydrogen-bond acceptors (Lipinski definition) is 4. The first-order valence-electron chi connectivity index (χ1n) is 4.50. The van der Waals surface area contributed by atoms with E-state index in [9.17, 15) is 4.39 Å². The summed E-state index contributed by atoms with van der Waals surface area (Å²) in [4.78, 5) is 4.69. The Bertz CT molecular complexity index is 374. The van der Waals surface area contributed by atoms with Gasteiger partial charge in [0, 0.05) is 11.6 Å². The van der Waals surface area contributed by atoms with Crippen molar-refractivity contribution < 1.29 is 18.7 Å². The van der Waals surface area contributed by atoms with Gasteiger partial charge in [0.05, 0.1) is 32.9 Å². The Kier molecular flexibility index (Phi) is 4.79. The highest BCUT2D eigenvalue weighted by Crippen LogP contribution is 2.37. The molecular formula is C10H13ClFNO3. The zero-order chi connectivity index (χ0) is 12.1. The highest BCUT2D eigenvalue weighted by atomic mass is 35.5. The first-order valence-corrected chi connectivity index (χ1v) is 4.88. The summed E-state index contributed by atoms with van der Waals surface area (Å²) in [6.07, 6.45) is 0. The van der Waals surface area contributed by atoms with E-state index < -0.39 is 5.82 Å². The molecule has 0 aliphatic rings. The van der Waals surface area contributed by atoms with Crippen LogP contribution in [0.2, 0.25) is 5.02 Å². The molecule has 1 aromatic rings. The van der Waals surface area contributed by atoms with Gasteiger partial charge in [0.25, 0.3) is 0 Å². The zero-order valence-corrected chi connectivity index (χ0v) is 10.0. The molecule has 0 bridgehead atoms. The maximum Gasteiger partial charge on any atom is 0.166 e. The number of benzene rings is 1. The van der Waals surface area contributed by atoms with Crippen molar-refractivity contribution >= 4 is 11.6 Å². The summed E-state index contributed by atoms with van der Waals surface area (Å²) in [6, 6.07) is 1.18. The number of hydroxylamine groups is 1. The molecule has 0 unspecified atom stereocenters. The number of hydrogen-bond donors (Lipinski definition) is 1. The molecule has 1 aromatic carbocycles. The molecule has 0 aliphatic carbocycles. The topological polar surface area (TPSA) is 39.7 Å². The lowest BCUT2D eigenvalue weighted by Crippen LogP contribution is -2.13. The van der Waals surface area contributed by atoms with Gasteiger partial charge in [0.2, 0.25) is 0 Å². The second-order valence-corrected chi connectivity index (χ2v) is 3.29. The summed E-state index contributed by atoms with van der Waals surface area (Å²) < 4.78 is 23.6. The normalized spacial score (nSPS) is 10.3. The van der Waals surface area contributed by atoms with Gasteiger partial charge in [-0.3, -0.25) is 0 Å². The molecule has 0 heterocycles. The molecule has 0 atom stereocenters. The average molecular weight is 250 g/mol. The molecule has 90 valence electrons. The fraction of sp³-hybridized carbons (Fsp3) is 0.400. The molecule has 0 radical (unpaired) electrons. The van der Waals surface area contributed by atoms with Gasteiger partial charge >= 0.3 is 0 Å². The van der Waals surface area contributed by atoms with Crippen LogP contribution in [0.25, 0.3) is 0 Å². The molecule has 0 spiro atoms. The number of nitrogens with one attached hydrogen (secondary N) is 1. The summed E-state index contributed by atoms with van der Waals surface area (Å²) in [5.74, 6) is 0.114. The fourth-order valence-electron chi connectivity index (χ4n) is 1.31. The molecule has 0 saturated heterocycles. The van der Waals surface area contributed by atoms with E-state index in [1.807, 2.05) is 0 Å². The zero-order valence-electron chi connectivity index (χ0n) is 9.27. The molecule has 1 N–H and O–H groups in total. The Balaban J connectivity index is 3.23. The first-order chi connectivity index (χ1) is 7.65. The van der Waals surface area contributed by atoms with Crippen molar-refractivity contribution in [3.8, 4) is 11.5 Å². The van der Waals surface area contributed by atoms with E-state index in [0.29, 0.717) is 11.3 Å². The van der Waals surface area contributed by atoms with E-state index in [-0.39, 0.29) is 17.3 Å². The third-order valence-electron chi connectivity index (χ3n) is 2.05. The van der Waals surface area contributed by atoms with Gasteiger partial charge in [0.1, 0.15) is 5.82 Å². The Morgan fingerprint density at radius 2 is 2.00 bits per heavy atom. The lowest BCUT2D eigenvalue weighted by atomic mass is 10.1. The Hall–Kier alpha value is -1.04. The minimum absolute atomic E-state index is 0.0119. The molecule has 0 fully saturated rings. The van der Waals surface area contributed by atoms with Crippen molar-refractivity contribution in [2.75, 3.05) is 21.3 Å². The van der Waals surface area contributed by atoms with E-state index in [0.717, 1.165) is 0 Å². The second kappa shape index (κ2) is 5.89. The summed E-state index contributed by atoms with van der Waals surface area (Å²) in [7, 11) is 4.35. The van der Waals surface area contributed by atoms with E-state index >= 15 is 0 Å². The molecule has 4 nitrogen and oxygen atoms in total. The average Bonchev–Trinajstić information content (AvgIpc) is 2.30. The SMILES string of the molecule is CONCc1c(Cl)c(F)cc(OC)c1OC.